The Morgan fingerprint density at radius 2 is 1.36 bits per heavy atom. The summed E-state index contributed by atoms with van der Waals surface area (Å²) in [4.78, 5) is 20.1. The normalized spacial score (nSPS) is 8.43. The minimum absolute atomic E-state index is 0. The number of ketones is 2. The fourth-order valence-electron chi connectivity index (χ4n) is 0.408. The average molecular weight is 371 g/mol. The van der Waals surface area contributed by atoms with Gasteiger partial charge in [-0.3, -0.25) is 9.59 Å². The SMILES string of the molecule is CC(=O)CC(C)=O.OCC(O)CO.[Hf]. The van der Waals surface area contributed by atoms with Crippen molar-refractivity contribution in [1.82, 2.24) is 0 Å². The molecule has 0 fully saturated rings. The second kappa shape index (κ2) is 13.1. The van der Waals surface area contributed by atoms with Crippen molar-refractivity contribution in [3.05, 3.63) is 0 Å². The summed E-state index contributed by atoms with van der Waals surface area (Å²) in [6.45, 7) is 2.08. The standard InChI is InChI=1S/C5H8O2.C3H8O3.Hf/c1-4(6)3-5(2)7;4-1-3(6)2-5;/h3H2,1-2H3;3-6H,1-2H2;. The van der Waals surface area contributed by atoms with Crippen LogP contribution in [0.15, 0.2) is 0 Å². The number of carbonyl (C=O) groups excluding carboxylic acids is 2. The summed E-state index contributed by atoms with van der Waals surface area (Å²) in [5, 5.41) is 24.0. The van der Waals surface area contributed by atoms with Gasteiger partial charge in [0.2, 0.25) is 0 Å². The summed E-state index contributed by atoms with van der Waals surface area (Å²) in [6, 6.07) is 0. The van der Waals surface area contributed by atoms with Crippen molar-refractivity contribution < 1.29 is 50.8 Å². The van der Waals surface area contributed by atoms with E-state index in [2.05, 4.69) is 0 Å². The molecular formula is C8H16HfO5. The summed E-state index contributed by atoms with van der Waals surface area (Å²) in [6.07, 6.45) is -0.870. The number of rotatable bonds is 4. The van der Waals surface area contributed by atoms with Crippen LogP contribution in [-0.2, 0) is 35.4 Å². The first kappa shape index (κ1) is 19.6. The molecule has 6 heteroatoms. The fourth-order valence-corrected chi connectivity index (χ4v) is 0.408. The van der Waals surface area contributed by atoms with Crippen molar-refractivity contribution in [2.75, 3.05) is 13.2 Å². The smallest absolute Gasteiger partial charge is 0.137 e. The summed E-state index contributed by atoms with van der Waals surface area (Å²) in [5.74, 6) is -0.125. The molecule has 0 radical (unpaired) electrons. The Labute approximate surface area is 102 Å². The molecule has 0 spiro atoms. The van der Waals surface area contributed by atoms with Crippen molar-refractivity contribution in [2.24, 2.45) is 0 Å². The van der Waals surface area contributed by atoms with E-state index in [0.29, 0.717) is 0 Å². The largest absolute Gasteiger partial charge is 0.394 e. The molecule has 82 valence electrons. The molecule has 0 aromatic carbocycles. The van der Waals surface area contributed by atoms with E-state index in [9.17, 15) is 9.59 Å². The maximum absolute atomic E-state index is 10.0. The molecule has 14 heavy (non-hydrogen) atoms. The molecule has 0 aromatic rings. The van der Waals surface area contributed by atoms with Crippen molar-refractivity contribution in [2.45, 2.75) is 26.4 Å². The molecule has 0 saturated carbocycles. The quantitative estimate of drug-likeness (QED) is 0.431. The van der Waals surface area contributed by atoms with Gasteiger partial charge in [0.1, 0.15) is 17.7 Å². The summed E-state index contributed by atoms with van der Waals surface area (Å²) < 4.78 is 0. The van der Waals surface area contributed by atoms with Gasteiger partial charge in [-0.1, -0.05) is 0 Å². The molecule has 0 aromatic heterocycles. The average Bonchev–Trinajstić information content (AvgIpc) is 2.01. The van der Waals surface area contributed by atoms with E-state index in [-0.39, 0.29) is 57.0 Å². The molecule has 0 saturated heterocycles. The predicted molar refractivity (Wildman–Crippen MR) is 46.2 cm³/mol. The third-order valence-electron chi connectivity index (χ3n) is 0.919. The van der Waals surface area contributed by atoms with Crippen LogP contribution in [0.1, 0.15) is 20.3 Å². The van der Waals surface area contributed by atoms with E-state index in [0.717, 1.165) is 0 Å². The topological polar surface area (TPSA) is 94.8 Å². The zero-order chi connectivity index (χ0) is 10.9. The van der Waals surface area contributed by atoms with Gasteiger partial charge in [0.25, 0.3) is 0 Å². The van der Waals surface area contributed by atoms with Gasteiger partial charge in [-0.15, -0.1) is 0 Å². The Morgan fingerprint density at radius 3 is 1.36 bits per heavy atom. The number of aliphatic hydroxyl groups excluding tert-OH is 3. The Balaban J connectivity index is -0.000000163. The zero-order valence-electron chi connectivity index (χ0n) is 8.36. The number of hydrogen-bond acceptors (Lipinski definition) is 5. The van der Waals surface area contributed by atoms with Gasteiger partial charge in [0.15, 0.2) is 0 Å². The van der Waals surface area contributed by atoms with E-state index in [1.54, 1.807) is 0 Å². The first-order valence-electron chi connectivity index (χ1n) is 3.82. The van der Waals surface area contributed by atoms with Crippen molar-refractivity contribution in [3.8, 4) is 0 Å². The fraction of sp³-hybridized carbons (Fsp3) is 0.750. The van der Waals surface area contributed by atoms with Crippen LogP contribution in [0.5, 0.6) is 0 Å². The maximum Gasteiger partial charge on any atom is 0.137 e. The van der Waals surface area contributed by atoms with E-state index in [1.807, 2.05) is 0 Å². The van der Waals surface area contributed by atoms with Gasteiger partial charge in [0.05, 0.1) is 19.6 Å². The van der Waals surface area contributed by atoms with Crippen molar-refractivity contribution >= 4 is 11.6 Å². The Bertz CT molecular complexity index is 144. The first-order chi connectivity index (χ1) is 5.93. The van der Waals surface area contributed by atoms with Gasteiger partial charge in [0, 0.05) is 25.8 Å². The van der Waals surface area contributed by atoms with Gasteiger partial charge in [-0.05, 0) is 13.8 Å². The van der Waals surface area contributed by atoms with Crippen LogP contribution in [-0.4, -0.2) is 46.2 Å². The van der Waals surface area contributed by atoms with E-state index in [4.69, 9.17) is 15.3 Å². The monoisotopic (exact) mass is 372 g/mol. The van der Waals surface area contributed by atoms with Crippen molar-refractivity contribution in [1.29, 1.82) is 0 Å². The van der Waals surface area contributed by atoms with E-state index >= 15 is 0 Å². The number of aliphatic hydroxyl groups is 3. The Kier molecular flexibility index (Phi) is 18.4. The molecule has 0 unspecified atom stereocenters. The summed E-state index contributed by atoms with van der Waals surface area (Å²) >= 11 is 0. The molecule has 5 nitrogen and oxygen atoms in total. The molecule has 0 heterocycles. The van der Waals surface area contributed by atoms with Crippen LogP contribution < -0.4 is 0 Å². The van der Waals surface area contributed by atoms with Crippen LogP contribution in [0.25, 0.3) is 0 Å². The molecule has 0 bridgehead atoms. The molecule has 3 N–H and O–H groups in total. The third kappa shape index (κ3) is 22.7. The molecule has 0 aliphatic carbocycles. The van der Waals surface area contributed by atoms with Crippen LogP contribution >= 0.6 is 0 Å². The van der Waals surface area contributed by atoms with E-state index in [1.165, 1.54) is 13.8 Å². The maximum atomic E-state index is 10.0. The minimum Gasteiger partial charge on any atom is -0.394 e. The van der Waals surface area contributed by atoms with Crippen LogP contribution in [0.4, 0.5) is 0 Å². The number of Topliss-reactive ketones (excluding diaryl/α,β-unsaturated/α-hetero) is 2. The van der Waals surface area contributed by atoms with Gasteiger partial charge >= 0.3 is 0 Å². The number of hydrogen-bond donors (Lipinski definition) is 3. The van der Waals surface area contributed by atoms with Crippen LogP contribution in [0, 0.1) is 0 Å². The Hall–Kier alpha value is 0.0901. The van der Waals surface area contributed by atoms with Gasteiger partial charge in [-0.2, -0.15) is 0 Å². The third-order valence-corrected chi connectivity index (χ3v) is 0.919. The van der Waals surface area contributed by atoms with E-state index < -0.39 is 6.10 Å². The van der Waals surface area contributed by atoms with Crippen LogP contribution in [0.3, 0.4) is 0 Å². The molecule has 0 amide bonds. The first-order valence-corrected chi connectivity index (χ1v) is 3.82. The predicted octanol–water partition coefficient (Wildman–Crippen LogP) is -1.12. The molecule has 0 atom stereocenters. The van der Waals surface area contributed by atoms with Gasteiger partial charge in [-0.25, -0.2) is 0 Å². The number of carbonyl (C=O) groups is 2. The minimum atomic E-state index is -0.954. The van der Waals surface area contributed by atoms with Crippen LogP contribution in [0.2, 0.25) is 0 Å². The molecule has 0 rings (SSSR count). The second-order valence-electron chi connectivity index (χ2n) is 2.60. The van der Waals surface area contributed by atoms with Crippen molar-refractivity contribution in [3.63, 3.8) is 0 Å². The molecule has 0 aliphatic rings. The summed E-state index contributed by atoms with van der Waals surface area (Å²) in [7, 11) is 0. The Morgan fingerprint density at radius 1 is 1.07 bits per heavy atom. The molecular weight excluding hydrogens is 355 g/mol. The second-order valence-corrected chi connectivity index (χ2v) is 2.60. The molecule has 0 aliphatic heterocycles. The summed E-state index contributed by atoms with van der Waals surface area (Å²) in [5.41, 5.74) is 0. The zero-order valence-corrected chi connectivity index (χ0v) is 11.9. The van der Waals surface area contributed by atoms with Gasteiger partial charge < -0.3 is 15.3 Å².